The molecule has 0 N–H and O–H groups in total. The summed E-state index contributed by atoms with van der Waals surface area (Å²) in [6, 6.07) is 0. The van der Waals surface area contributed by atoms with Crippen molar-refractivity contribution in [3.63, 3.8) is 0 Å². The summed E-state index contributed by atoms with van der Waals surface area (Å²) in [5, 5.41) is 0. The van der Waals surface area contributed by atoms with Crippen molar-refractivity contribution < 1.29 is 131 Å². The van der Waals surface area contributed by atoms with Crippen molar-refractivity contribution in [2.75, 3.05) is 26.4 Å². The van der Waals surface area contributed by atoms with Crippen molar-refractivity contribution in [3.8, 4) is 0 Å². The first kappa shape index (κ1) is 69.8. The van der Waals surface area contributed by atoms with E-state index in [0.29, 0.717) is 0 Å². The van der Waals surface area contributed by atoms with Crippen LogP contribution in [0.5, 0.6) is 0 Å². The van der Waals surface area contributed by atoms with E-state index in [-0.39, 0.29) is 155 Å². The SMILES string of the molecule is C1CCOC1.C1CCOC1.CC(C)(C)N=S([N-]C(C)(C)C)[N-]C(C)(C)C.CC(C)(C)N=S([N-]C(C)(C)C)[N-]C(C)(C)C.[Ag].[Ag].[Ag].[Br-].[Li+].[Li+]. The molecule has 2 heterocycles. The first-order valence-electron chi connectivity index (χ1n) is 15.6. The van der Waals surface area contributed by atoms with E-state index in [1.165, 1.54) is 25.7 Å². The van der Waals surface area contributed by atoms with Crippen molar-refractivity contribution in [2.45, 2.75) is 184 Å². The molecule has 2 aliphatic heterocycles. The fourth-order valence-corrected chi connectivity index (χ4v) is 5.80. The summed E-state index contributed by atoms with van der Waals surface area (Å²) in [4.78, 5) is 0. The molecule has 2 aliphatic rings. The van der Waals surface area contributed by atoms with Gasteiger partial charge >= 0.3 is 37.7 Å². The van der Waals surface area contributed by atoms with Gasteiger partial charge in [-0.3, -0.25) is 8.73 Å². The smallest absolute Gasteiger partial charge is 1.00 e. The van der Waals surface area contributed by atoms with E-state index < -0.39 is 22.1 Å². The zero-order valence-electron chi connectivity index (χ0n) is 34.3. The molecule has 0 atom stereocenters. The Morgan fingerprint density at radius 1 is 0.396 bits per heavy atom. The minimum absolute atomic E-state index is 0. The summed E-state index contributed by atoms with van der Waals surface area (Å²) in [6.07, 6.45) is 5.11. The molecule has 0 saturated carbocycles. The third kappa shape index (κ3) is 62.0. The zero-order valence-corrected chi connectivity index (χ0v) is 41.9. The maximum Gasteiger partial charge on any atom is 1.00 e. The summed E-state index contributed by atoms with van der Waals surface area (Å²) < 4.78 is 37.9. The molecular formula is C32H70Ag3BrLi2N6O2S2-3. The number of ether oxygens (including phenoxy) is 2. The first-order chi connectivity index (χ1) is 18.6. The fraction of sp³-hybridized carbons (Fsp3) is 1.00. The quantitative estimate of drug-likeness (QED) is 0.404. The van der Waals surface area contributed by atoms with Crippen LogP contribution in [0, 0.1) is 0 Å². The number of halogens is 1. The van der Waals surface area contributed by atoms with Crippen LogP contribution in [-0.4, -0.2) is 59.7 Å². The van der Waals surface area contributed by atoms with Crippen molar-refractivity contribution in [2.24, 2.45) is 8.73 Å². The molecule has 2 fully saturated rings. The second-order valence-electron chi connectivity index (χ2n) is 16.7. The second-order valence-corrected chi connectivity index (χ2v) is 18.8. The predicted molar refractivity (Wildman–Crippen MR) is 192 cm³/mol. The summed E-state index contributed by atoms with van der Waals surface area (Å²) in [6.45, 7) is 41.6. The van der Waals surface area contributed by atoms with E-state index in [4.69, 9.17) is 9.47 Å². The van der Waals surface area contributed by atoms with E-state index in [0.717, 1.165) is 26.4 Å². The molecule has 2 rings (SSSR count). The molecule has 0 unspecified atom stereocenters. The molecule has 16 heteroatoms. The molecule has 0 bridgehead atoms. The Labute approximate surface area is 386 Å². The average Bonchev–Trinajstić information content (AvgIpc) is 3.40. The van der Waals surface area contributed by atoms with Gasteiger partial charge in [-0.25, -0.2) is 0 Å². The van der Waals surface area contributed by atoms with Crippen LogP contribution in [0.1, 0.15) is 150 Å². The minimum Gasteiger partial charge on any atom is -1.00 e. The van der Waals surface area contributed by atoms with E-state index in [9.17, 15) is 0 Å². The Morgan fingerprint density at radius 3 is 0.646 bits per heavy atom. The van der Waals surface area contributed by atoms with Gasteiger partial charge in [-0.1, -0.05) is 83.1 Å². The van der Waals surface area contributed by atoms with Crippen LogP contribution in [0.2, 0.25) is 0 Å². The van der Waals surface area contributed by atoms with Crippen molar-refractivity contribution in [1.82, 2.24) is 0 Å². The normalized spacial score (nSPS) is 14.6. The molecule has 0 aromatic rings. The van der Waals surface area contributed by atoms with Crippen LogP contribution in [0.3, 0.4) is 0 Å². The second kappa shape index (κ2) is 33.1. The fourth-order valence-electron chi connectivity index (χ4n) is 2.61. The van der Waals surface area contributed by atoms with Crippen LogP contribution in [0.4, 0.5) is 0 Å². The van der Waals surface area contributed by atoms with Gasteiger partial charge < -0.3 is 67.5 Å². The van der Waals surface area contributed by atoms with Crippen molar-refractivity contribution >= 4 is 22.1 Å². The molecule has 2 saturated heterocycles. The molecule has 3 radical (unpaired) electrons. The summed E-state index contributed by atoms with van der Waals surface area (Å²) in [5.74, 6) is 0. The third-order valence-corrected chi connectivity index (χ3v) is 8.05. The van der Waals surface area contributed by atoms with Crippen LogP contribution in [0.25, 0.3) is 18.9 Å². The molecule has 0 aromatic heterocycles. The number of hydrogen-bond acceptors (Lipinski definition) is 4. The Balaban J connectivity index is -0.0000000780. The third-order valence-electron chi connectivity index (χ3n) is 3.79. The van der Waals surface area contributed by atoms with Gasteiger partial charge in [0.15, 0.2) is 0 Å². The van der Waals surface area contributed by atoms with Gasteiger partial charge in [0.25, 0.3) is 0 Å². The van der Waals surface area contributed by atoms with Gasteiger partial charge in [-0.15, -0.1) is 22.2 Å². The van der Waals surface area contributed by atoms with Gasteiger partial charge in [0.1, 0.15) is 0 Å². The predicted octanol–water partition coefficient (Wildman–Crippen LogP) is 2.12. The summed E-state index contributed by atoms with van der Waals surface area (Å²) in [5.41, 5.74) is -0.544. The van der Waals surface area contributed by atoms with Crippen molar-refractivity contribution in [3.05, 3.63) is 18.9 Å². The van der Waals surface area contributed by atoms with Gasteiger partial charge in [-0.2, -0.15) is 0 Å². The van der Waals surface area contributed by atoms with Crippen molar-refractivity contribution in [1.29, 1.82) is 0 Å². The first-order valence-corrected chi connectivity index (χ1v) is 17.8. The van der Waals surface area contributed by atoms with E-state index >= 15 is 0 Å². The van der Waals surface area contributed by atoms with Gasteiger partial charge in [0.2, 0.25) is 0 Å². The summed E-state index contributed by atoms with van der Waals surface area (Å²) >= 11 is -1.12. The van der Waals surface area contributed by atoms with Crippen LogP contribution < -0.4 is 54.7 Å². The Bertz CT molecular complexity index is 685. The number of rotatable bonds is 4. The van der Waals surface area contributed by atoms with Gasteiger partial charge in [0, 0.05) is 93.6 Å². The average molecular weight is 1050 g/mol. The van der Waals surface area contributed by atoms with Gasteiger partial charge in [-0.05, 0) is 67.2 Å². The Morgan fingerprint density at radius 2 is 0.562 bits per heavy atom. The topological polar surface area (TPSA) is 99.6 Å². The van der Waals surface area contributed by atoms with Gasteiger partial charge in [0.05, 0.1) is 11.1 Å². The molecule has 297 valence electrons. The van der Waals surface area contributed by atoms with E-state index in [1.807, 2.05) is 0 Å². The van der Waals surface area contributed by atoms with Crippen LogP contribution >= 0.6 is 0 Å². The maximum atomic E-state index is 4.94. The van der Waals surface area contributed by atoms with E-state index in [2.05, 4.69) is 152 Å². The molecular weight excluding hydrogens is 982 g/mol. The monoisotopic (exact) mass is 1050 g/mol. The zero-order chi connectivity index (χ0) is 33.5. The molecule has 48 heavy (non-hydrogen) atoms. The number of hydrogen-bond donors (Lipinski definition) is 0. The molecule has 0 aliphatic carbocycles. The summed E-state index contributed by atoms with van der Waals surface area (Å²) in [7, 11) is 0. The minimum atomic E-state index is -0.558. The molecule has 0 amide bonds. The maximum absolute atomic E-state index is 4.94. The largest absolute Gasteiger partial charge is 1.00 e. The molecule has 0 aromatic carbocycles. The Kier molecular flexibility index (Phi) is 48.2. The number of nitrogens with zero attached hydrogens (tertiary/aromatic N) is 6. The molecule has 0 spiro atoms. The standard InChI is InChI=1S/2C12H27N3S.2C4H8O.3Ag.BrH.2Li/c2*1-10(2,3)13-16(14-11(4,5)6)15-12(7,8)9;2*1-2-4-5-3-1;;;;;;/h2*1-9H3;2*1-4H2;;;;1H;;/q2*-2;;;;;;;2*+1/p-1. The molecule has 8 nitrogen and oxygen atoms in total. The van der Waals surface area contributed by atoms with E-state index in [1.54, 1.807) is 0 Å². The van der Waals surface area contributed by atoms with Crippen LogP contribution in [0.15, 0.2) is 8.73 Å². The Hall–Kier alpha value is 3.96. The van der Waals surface area contributed by atoms with Crippen LogP contribution in [-0.2, 0) is 98.7 Å².